The summed E-state index contributed by atoms with van der Waals surface area (Å²) in [4.78, 5) is 29.6. The Morgan fingerprint density at radius 3 is 2.71 bits per heavy atom. The second-order valence-corrected chi connectivity index (χ2v) is 6.64. The van der Waals surface area contributed by atoms with E-state index in [-0.39, 0.29) is 18.0 Å². The largest absolute Gasteiger partial charge is 0.349 e. The van der Waals surface area contributed by atoms with Crippen LogP contribution in [0.4, 0.5) is 0 Å². The van der Waals surface area contributed by atoms with Gasteiger partial charge in [-0.15, -0.1) is 0 Å². The number of nitrogens with zero attached hydrogens (tertiary/aromatic N) is 4. The third-order valence-electron chi connectivity index (χ3n) is 4.71. The Balaban J connectivity index is 1.66. The first kappa shape index (κ1) is 17.9. The zero-order valence-corrected chi connectivity index (χ0v) is 15.6. The van der Waals surface area contributed by atoms with E-state index in [4.69, 9.17) is 0 Å². The van der Waals surface area contributed by atoms with Crippen molar-refractivity contribution in [3.05, 3.63) is 70.9 Å². The first-order chi connectivity index (χ1) is 13.7. The van der Waals surface area contributed by atoms with Crippen LogP contribution >= 0.6 is 0 Å². The van der Waals surface area contributed by atoms with Gasteiger partial charge in [0.15, 0.2) is 0 Å². The SMILES string of the molecule is CCCn1c2ccccc2c2cnn(CC(=O)NCc3ccccn3)c(=O)c21. The van der Waals surface area contributed by atoms with Crippen molar-refractivity contribution in [1.29, 1.82) is 0 Å². The second-order valence-electron chi connectivity index (χ2n) is 6.64. The Morgan fingerprint density at radius 1 is 1.11 bits per heavy atom. The van der Waals surface area contributed by atoms with Gasteiger partial charge in [-0.2, -0.15) is 5.10 Å². The molecule has 0 aliphatic heterocycles. The van der Waals surface area contributed by atoms with Crippen LogP contribution in [0.25, 0.3) is 21.8 Å². The lowest BCUT2D eigenvalue weighted by Gasteiger charge is -2.08. The number of fused-ring (bicyclic) bond motifs is 3. The van der Waals surface area contributed by atoms with Crippen LogP contribution in [0.5, 0.6) is 0 Å². The lowest BCUT2D eigenvalue weighted by atomic mass is 10.2. The van der Waals surface area contributed by atoms with Crippen LogP contribution in [0.2, 0.25) is 0 Å². The second kappa shape index (κ2) is 7.64. The average Bonchev–Trinajstić information content (AvgIpc) is 3.04. The standard InChI is InChI=1S/C21H21N5O2/c1-2-11-25-18-9-4-3-8-16(18)17-13-24-26(21(28)20(17)25)14-19(27)23-12-15-7-5-6-10-22-15/h3-10,13H,2,11-12,14H2,1H3,(H,23,27). The predicted octanol–water partition coefficient (Wildman–Crippen LogP) is 2.47. The molecule has 4 aromatic rings. The van der Waals surface area contributed by atoms with Gasteiger partial charge in [-0.3, -0.25) is 14.6 Å². The lowest BCUT2D eigenvalue weighted by Crippen LogP contribution is -2.34. The predicted molar refractivity (Wildman–Crippen MR) is 108 cm³/mol. The van der Waals surface area contributed by atoms with Crippen molar-refractivity contribution in [3.63, 3.8) is 0 Å². The van der Waals surface area contributed by atoms with E-state index in [1.807, 2.05) is 47.0 Å². The smallest absolute Gasteiger partial charge is 0.291 e. The summed E-state index contributed by atoms with van der Waals surface area (Å²) in [5.41, 5.74) is 2.11. The molecule has 0 spiro atoms. The van der Waals surface area contributed by atoms with E-state index in [2.05, 4.69) is 22.3 Å². The Morgan fingerprint density at radius 2 is 1.93 bits per heavy atom. The van der Waals surface area contributed by atoms with Crippen molar-refractivity contribution in [2.24, 2.45) is 0 Å². The summed E-state index contributed by atoms with van der Waals surface area (Å²) in [6.07, 6.45) is 4.26. The van der Waals surface area contributed by atoms with Crippen LogP contribution < -0.4 is 10.9 Å². The van der Waals surface area contributed by atoms with E-state index in [0.29, 0.717) is 12.1 Å². The normalized spacial score (nSPS) is 11.2. The van der Waals surface area contributed by atoms with Crippen molar-refractivity contribution in [3.8, 4) is 0 Å². The zero-order valence-electron chi connectivity index (χ0n) is 15.6. The van der Waals surface area contributed by atoms with Crippen LogP contribution in [0.1, 0.15) is 19.0 Å². The molecule has 28 heavy (non-hydrogen) atoms. The summed E-state index contributed by atoms with van der Waals surface area (Å²) in [5.74, 6) is -0.280. The van der Waals surface area contributed by atoms with E-state index in [9.17, 15) is 9.59 Å². The highest BCUT2D eigenvalue weighted by Crippen LogP contribution is 2.26. The highest BCUT2D eigenvalue weighted by Gasteiger charge is 2.16. The maximum atomic E-state index is 13.1. The summed E-state index contributed by atoms with van der Waals surface area (Å²) >= 11 is 0. The first-order valence-electron chi connectivity index (χ1n) is 9.32. The molecular formula is C21H21N5O2. The van der Waals surface area contributed by atoms with Gasteiger partial charge in [-0.1, -0.05) is 31.2 Å². The molecule has 0 aliphatic carbocycles. The monoisotopic (exact) mass is 375 g/mol. The van der Waals surface area contributed by atoms with Gasteiger partial charge < -0.3 is 9.88 Å². The van der Waals surface area contributed by atoms with Crippen LogP contribution in [0.3, 0.4) is 0 Å². The number of para-hydroxylation sites is 1. The van der Waals surface area contributed by atoms with Crippen molar-refractivity contribution in [1.82, 2.24) is 24.6 Å². The van der Waals surface area contributed by atoms with Crippen LogP contribution in [0, 0.1) is 0 Å². The minimum atomic E-state index is -0.280. The first-order valence-corrected chi connectivity index (χ1v) is 9.32. The van der Waals surface area contributed by atoms with E-state index in [1.54, 1.807) is 12.4 Å². The average molecular weight is 375 g/mol. The highest BCUT2D eigenvalue weighted by molar-refractivity contribution is 6.07. The number of aromatic nitrogens is 4. The molecule has 0 saturated carbocycles. The number of hydrogen-bond acceptors (Lipinski definition) is 4. The van der Waals surface area contributed by atoms with Gasteiger partial charge in [0, 0.05) is 29.0 Å². The van der Waals surface area contributed by atoms with Crippen molar-refractivity contribution < 1.29 is 4.79 Å². The maximum Gasteiger partial charge on any atom is 0.291 e. The summed E-state index contributed by atoms with van der Waals surface area (Å²) < 4.78 is 3.25. The van der Waals surface area contributed by atoms with Gasteiger partial charge >= 0.3 is 0 Å². The molecule has 3 heterocycles. The molecule has 1 amide bonds. The fourth-order valence-electron chi connectivity index (χ4n) is 3.45. The van der Waals surface area contributed by atoms with Crippen molar-refractivity contribution in [2.75, 3.05) is 0 Å². The van der Waals surface area contributed by atoms with E-state index in [1.165, 1.54) is 4.68 Å². The topological polar surface area (TPSA) is 81.8 Å². The van der Waals surface area contributed by atoms with Gasteiger partial charge in [0.2, 0.25) is 5.91 Å². The van der Waals surface area contributed by atoms with Crippen LogP contribution in [0.15, 0.2) is 59.7 Å². The lowest BCUT2D eigenvalue weighted by molar-refractivity contribution is -0.122. The van der Waals surface area contributed by atoms with E-state index in [0.717, 1.165) is 34.9 Å². The number of nitrogens with one attached hydrogen (secondary N) is 1. The molecule has 7 nitrogen and oxygen atoms in total. The van der Waals surface area contributed by atoms with Gasteiger partial charge in [0.05, 0.1) is 18.4 Å². The van der Waals surface area contributed by atoms with E-state index >= 15 is 0 Å². The molecule has 7 heteroatoms. The molecule has 1 N–H and O–H groups in total. The number of rotatable bonds is 6. The fraction of sp³-hybridized carbons (Fsp3) is 0.238. The van der Waals surface area contributed by atoms with E-state index < -0.39 is 0 Å². The number of pyridine rings is 1. The molecule has 0 unspecified atom stereocenters. The Hall–Kier alpha value is -3.48. The molecule has 1 aromatic carbocycles. The zero-order chi connectivity index (χ0) is 19.5. The maximum absolute atomic E-state index is 13.1. The molecule has 3 aromatic heterocycles. The highest BCUT2D eigenvalue weighted by atomic mass is 16.2. The fourth-order valence-corrected chi connectivity index (χ4v) is 3.45. The van der Waals surface area contributed by atoms with Gasteiger partial charge in [0.1, 0.15) is 12.1 Å². The Bertz CT molecular complexity index is 1190. The molecule has 0 radical (unpaired) electrons. The molecule has 0 fully saturated rings. The molecule has 4 rings (SSSR count). The minimum Gasteiger partial charge on any atom is -0.349 e. The van der Waals surface area contributed by atoms with Crippen LogP contribution in [-0.2, 0) is 24.4 Å². The number of aryl methyl sites for hydroxylation is 1. The van der Waals surface area contributed by atoms with Crippen molar-refractivity contribution >= 4 is 27.7 Å². The van der Waals surface area contributed by atoms with Gasteiger partial charge in [-0.25, -0.2) is 4.68 Å². The summed E-state index contributed by atoms with van der Waals surface area (Å²) in [7, 11) is 0. The van der Waals surface area contributed by atoms with Gasteiger partial charge in [-0.05, 0) is 24.6 Å². The third-order valence-corrected chi connectivity index (χ3v) is 4.71. The molecule has 0 bridgehead atoms. The molecule has 142 valence electrons. The third kappa shape index (κ3) is 3.26. The molecule has 0 aliphatic rings. The summed E-state index contributed by atoms with van der Waals surface area (Å²) in [5, 5.41) is 8.84. The molecular weight excluding hydrogens is 354 g/mol. The summed E-state index contributed by atoms with van der Waals surface area (Å²) in [6.45, 7) is 2.99. The summed E-state index contributed by atoms with van der Waals surface area (Å²) in [6, 6.07) is 13.4. The number of hydrogen-bond donors (Lipinski definition) is 1. The number of carbonyl (C=O) groups excluding carboxylic acids is 1. The molecule has 0 saturated heterocycles. The quantitative estimate of drug-likeness (QED) is 0.561. The minimum absolute atomic E-state index is 0.130. The number of carbonyl (C=O) groups is 1. The Labute approximate surface area is 161 Å². The number of benzene rings is 1. The van der Waals surface area contributed by atoms with Crippen LogP contribution in [-0.4, -0.2) is 25.2 Å². The van der Waals surface area contributed by atoms with Gasteiger partial charge in [0.25, 0.3) is 5.56 Å². The molecule has 0 atom stereocenters. The van der Waals surface area contributed by atoms with Crippen molar-refractivity contribution in [2.45, 2.75) is 33.0 Å². The number of amides is 1. The Kier molecular flexibility index (Phi) is 4.89.